The lowest BCUT2D eigenvalue weighted by Crippen LogP contribution is -2.71. The maximum atomic E-state index is 14.2. The molecule has 3 saturated carbocycles. The molecular formula is C27H34O8. The molecule has 6 aliphatic rings. The van der Waals surface area contributed by atoms with Crippen molar-refractivity contribution in [2.24, 2.45) is 33.5 Å². The number of fused-ring (bicyclic) bond motifs is 3. The first-order chi connectivity index (χ1) is 16.2. The SMILES string of the molecule is CO[C@@H]1C=C([C@@H]2C[C@H]3O[C@@]34[C@@]2(C)C[C@H](O)[C@@H]2[C@@]3(C)CCC(=O)C(C)(C)C3=C(O)C(=O)[C@]24C)C(=O)O1. The lowest BCUT2D eigenvalue weighted by atomic mass is 9.38. The van der Waals surface area contributed by atoms with E-state index in [-0.39, 0.29) is 23.6 Å². The number of carbonyl (C=O) groups excluding carboxylic acids is 3. The number of epoxide rings is 1. The molecule has 1 saturated heterocycles. The molecule has 2 aliphatic heterocycles. The lowest BCUT2D eigenvalue weighted by molar-refractivity contribution is -0.198. The molecule has 6 rings (SSSR count). The normalized spacial score (nSPS) is 51.8. The van der Waals surface area contributed by atoms with Crippen LogP contribution in [-0.2, 0) is 28.6 Å². The van der Waals surface area contributed by atoms with Gasteiger partial charge >= 0.3 is 5.97 Å². The van der Waals surface area contributed by atoms with Gasteiger partial charge < -0.3 is 24.4 Å². The maximum absolute atomic E-state index is 14.2. The summed E-state index contributed by atoms with van der Waals surface area (Å²) in [5.41, 5.74) is -3.69. The Morgan fingerprint density at radius 2 is 1.80 bits per heavy atom. The van der Waals surface area contributed by atoms with Gasteiger partial charge in [0, 0.05) is 47.2 Å². The van der Waals surface area contributed by atoms with Crippen molar-refractivity contribution in [2.45, 2.75) is 84.4 Å². The first-order valence-electron chi connectivity index (χ1n) is 12.6. The van der Waals surface area contributed by atoms with Crippen LogP contribution in [0.2, 0.25) is 0 Å². The fourth-order valence-corrected chi connectivity index (χ4v) is 9.69. The molecule has 4 fully saturated rings. The monoisotopic (exact) mass is 486 g/mol. The highest BCUT2D eigenvalue weighted by Gasteiger charge is 2.88. The second-order valence-electron chi connectivity index (χ2n) is 12.6. The number of cyclic esters (lactones) is 1. The second-order valence-corrected chi connectivity index (χ2v) is 12.6. The molecule has 0 unspecified atom stereocenters. The Hall–Kier alpha value is -2.03. The first-order valence-corrected chi connectivity index (χ1v) is 12.6. The molecule has 0 bridgehead atoms. The number of esters is 1. The zero-order valence-corrected chi connectivity index (χ0v) is 21.1. The summed E-state index contributed by atoms with van der Waals surface area (Å²) < 4.78 is 17.0. The van der Waals surface area contributed by atoms with Crippen LogP contribution in [0.3, 0.4) is 0 Å². The van der Waals surface area contributed by atoms with E-state index in [2.05, 4.69) is 0 Å². The summed E-state index contributed by atoms with van der Waals surface area (Å²) in [6, 6.07) is 0. The summed E-state index contributed by atoms with van der Waals surface area (Å²) in [6.45, 7) is 9.32. The minimum Gasteiger partial charge on any atom is -0.504 e. The van der Waals surface area contributed by atoms with Gasteiger partial charge in [0.25, 0.3) is 0 Å². The Balaban J connectivity index is 1.53. The van der Waals surface area contributed by atoms with Crippen molar-refractivity contribution in [2.75, 3.05) is 7.11 Å². The predicted molar refractivity (Wildman–Crippen MR) is 122 cm³/mol. The third-order valence-corrected chi connectivity index (χ3v) is 11.0. The van der Waals surface area contributed by atoms with Gasteiger partial charge in [-0.15, -0.1) is 0 Å². The van der Waals surface area contributed by atoms with E-state index in [0.29, 0.717) is 36.8 Å². The average molecular weight is 487 g/mol. The molecule has 2 heterocycles. The standard InChI is InChI=1S/C27H34O8/c1-23(2)15(29)7-8-24(3)19-14(28)11-25(4)13(12-9-17(33-6)34-22(12)32)10-16-27(25,35-16)26(19,5)21(31)18(30)20(23)24/h9,13-14,16-17,19,28,30H,7-8,10-11H2,1-6H3/t13-,14-,16+,17-,19+,24+,25-,26-,27+/m0/s1. The van der Waals surface area contributed by atoms with E-state index >= 15 is 0 Å². The van der Waals surface area contributed by atoms with Crippen molar-refractivity contribution in [3.8, 4) is 0 Å². The molecule has 8 nitrogen and oxygen atoms in total. The molecule has 8 heteroatoms. The lowest BCUT2D eigenvalue weighted by Gasteiger charge is -2.64. The molecular weight excluding hydrogens is 452 g/mol. The van der Waals surface area contributed by atoms with Crippen LogP contribution in [0.5, 0.6) is 0 Å². The fourth-order valence-electron chi connectivity index (χ4n) is 9.69. The number of ketones is 2. The summed E-state index contributed by atoms with van der Waals surface area (Å²) >= 11 is 0. The summed E-state index contributed by atoms with van der Waals surface area (Å²) in [5, 5.41) is 23.3. The van der Waals surface area contributed by atoms with Gasteiger partial charge in [-0.05, 0) is 51.7 Å². The van der Waals surface area contributed by atoms with Crippen molar-refractivity contribution >= 4 is 17.5 Å². The Morgan fingerprint density at radius 1 is 1.11 bits per heavy atom. The van der Waals surface area contributed by atoms with E-state index < -0.39 is 57.3 Å². The Kier molecular flexibility index (Phi) is 4.30. The molecule has 9 atom stereocenters. The van der Waals surface area contributed by atoms with Crippen LogP contribution in [0.15, 0.2) is 23.0 Å². The number of ether oxygens (including phenoxy) is 3. The smallest absolute Gasteiger partial charge is 0.336 e. The minimum atomic E-state index is -1.22. The number of rotatable bonds is 2. The van der Waals surface area contributed by atoms with E-state index in [1.807, 2.05) is 20.8 Å². The molecule has 0 aromatic carbocycles. The van der Waals surface area contributed by atoms with Gasteiger partial charge in [0.15, 0.2) is 5.76 Å². The highest BCUT2D eigenvalue weighted by atomic mass is 16.7. The van der Waals surface area contributed by atoms with E-state index in [0.717, 1.165) is 0 Å². The summed E-state index contributed by atoms with van der Waals surface area (Å²) in [5.74, 6) is -2.09. The molecule has 190 valence electrons. The highest BCUT2D eigenvalue weighted by molar-refractivity contribution is 6.04. The number of methoxy groups -OCH3 is 1. The summed E-state index contributed by atoms with van der Waals surface area (Å²) in [4.78, 5) is 39.8. The number of Topliss-reactive ketones (excluding diaryl/α,β-unsaturated/α-hetero) is 2. The van der Waals surface area contributed by atoms with Crippen LogP contribution < -0.4 is 0 Å². The number of aliphatic hydroxyl groups excluding tert-OH is 2. The van der Waals surface area contributed by atoms with Crippen LogP contribution >= 0.6 is 0 Å². The summed E-state index contributed by atoms with van der Waals surface area (Å²) in [6.07, 6.45) is 1.39. The van der Waals surface area contributed by atoms with Gasteiger partial charge in [0.05, 0.1) is 17.6 Å². The van der Waals surface area contributed by atoms with Gasteiger partial charge in [0.2, 0.25) is 12.1 Å². The van der Waals surface area contributed by atoms with E-state index in [9.17, 15) is 24.6 Å². The van der Waals surface area contributed by atoms with E-state index in [1.54, 1.807) is 19.9 Å². The Labute approximate surface area is 204 Å². The quantitative estimate of drug-likeness (QED) is 0.451. The third kappa shape index (κ3) is 2.29. The number of carbonyl (C=O) groups is 3. The predicted octanol–water partition coefficient (Wildman–Crippen LogP) is 2.78. The van der Waals surface area contributed by atoms with Crippen LogP contribution in [0.25, 0.3) is 0 Å². The molecule has 4 aliphatic carbocycles. The van der Waals surface area contributed by atoms with E-state index in [1.165, 1.54) is 7.11 Å². The van der Waals surface area contributed by atoms with Crippen molar-refractivity contribution in [3.05, 3.63) is 23.0 Å². The number of aliphatic hydroxyl groups is 2. The van der Waals surface area contributed by atoms with Crippen LogP contribution in [0, 0.1) is 33.5 Å². The van der Waals surface area contributed by atoms with Gasteiger partial charge in [-0.1, -0.05) is 13.8 Å². The highest BCUT2D eigenvalue weighted by Crippen LogP contribution is 2.81. The average Bonchev–Trinajstić information content (AvgIpc) is 3.31. The van der Waals surface area contributed by atoms with Crippen molar-refractivity contribution in [1.29, 1.82) is 0 Å². The minimum absolute atomic E-state index is 0.0120. The van der Waals surface area contributed by atoms with Crippen molar-refractivity contribution < 1.29 is 38.8 Å². The Bertz CT molecular complexity index is 1150. The molecule has 0 radical (unpaired) electrons. The van der Waals surface area contributed by atoms with Crippen LogP contribution in [-0.4, -0.2) is 59.0 Å². The second kappa shape index (κ2) is 6.45. The Morgan fingerprint density at radius 3 is 2.43 bits per heavy atom. The zero-order valence-electron chi connectivity index (χ0n) is 21.1. The number of hydrogen-bond acceptors (Lipinski definition) is 8. The maximum Gasteiger partial charge on any atom is 0.336 e. The van der Waals surface area contributed by atoms with Crippen molar-refractivity contribution in [3.63, 3.8) is 0 Å². The topological polar surface area (TPSA) is 123 Å². The zero-order chi connectivity index (χ0) is 25.5. The molecule has 2 N–H and O–H groups in total. The number of hydrogen-bond donors (Lipinski definition) is 2. The van der Waals surface area contributed by atoms with Crippen LogP contribution in [0.4, 0.5) is 0 Å². The van der Waals surface area contributed by atoms with Gasteiger partial charge in [-0.2, -0.15) is 0 Å². The number of allylic oxidation sites excluding steroid dienone is 2. The van der Waals surface area contributed by atoms with Gasteiger partial charge in [-0.3, -0.25) is 9.59 Å². The molecule has 1 spiro atoms. The molecule has 0 aromatic heterocycles. The largest absolute Gasteiger partial charge is 0.504 e. The molecule has 0 amide bonds. The van der Waals surface area contributed by atoms with Gasteiger partial charge in [0.1, 0.15) is 11.4 Å². The molecule has 35 heavy (non-hydrogen) atoms. The fraction of sp³-hybridized carbons (Fsp3) is 0.741. The van der Waals surface area contributed by atoms with Crippen molar-refractivity contribution in [1.82, 2.24) is 0 Å². The van der Waals surface area contributed by atoms with Gasteiger partial charge in [-0.25, -0.2) is 4.79 Å². The van der Waals surface area contributed by atoms with E-state index in [4.69, 9.17) is 14.2 Å². The van der Waals surface area contributed by atoms with Crippen LogP contribution in [0.1, 0.15) is 60.3 Å². The third-order valence-electron chi connectivity index (χ3n) is 11.0. The first kappa shape index (κ1) is 23.4. The summed E-state index contributed by atoms with van der Waals surface area (Å²) in [7, 11) is 1.47. The molecule has 0 aromatic rings.